The van der Waals surface area contributed by atoms with Crippen LogP contribution in [0, 0.1) is 5.41 Å². The Morgan fingerprint density at radius 2 is 0.865 bits per heavy atom. The predicted octanol–water partition coefficient (Wildman–Crippen LogP) is 5.50. The highest BCUT2D eigenvalue weighted by Crippen LogP contribution is 2.39. The van der Waals surface area contributed by atoms with Gasteiger partial charge >= 0.3 is 48.6 Å². The molecule has 0 radical (unpaired) electrons. The van der Waals surface area contributed by atoms with Crippen LogP contribution in [0.2, 0.25) is 0 Å². The number of rotatable bonds is 4. The van der Waals surface area contributed by atoms with Crippen molar-refractivity contribution in [2.75, 3.05) is 26.2 Å². The quantitative estimate of drug-likeness (QED) is 0.287. The summed E-state index contributed by atoms with van der Waals surface area (Å²) < 4.78 is 127. The fourth-order valence-corrected chi connectivity index (χ4v) is 4.38. The van der Waals surface area contributed by atoms with Crippen LogP contribution < -0.4 is 0 Å². The number of aromatic nitrogens is 2. The van der Waals surface area contributed by atoms with Gasteiger partial charge in [-0.3, -0.25) is 19.8 Å². The number of carbonyl (C=O) groups is 4. The zero-order valence-electron chi connectivity index (χ0n) is 26.2. The van der Waals surface area contributed by atoms with E-state index in [1.54, 1.807) is 0 Å². The Morgan fingerprint density at radius 1 is 0.558 bits per heavy atom. The molecule has 2 aromatic rings. The van der Waals surface area contributed by atoms with E-state index in [0.29, 0.717) is 5.41 Å². The number of pyridine rings is 2. The lowest BCUT2D eigenvalue weighted by atomic mass is 9.79. The Hall–Kier alpha value is -4.74. The maximum atomic E-state index is 10.6. The number of hydrogen-bond donors (Lipinski definition) is 4. The highest BCUT2D eigenvalue weighted by atomic mass is 19.4. The average Bonchev–Trinajstić information content (AvgIpc) is 3.38. The molecule has 1 atom stereocenters. The van der Waals surface area contributed by atoms with Crippen molar-refractivity contribution in [3.05, 3.63) is 60.2 Å². The van der Waals surface area contributed by atoms with Crippen LogP contribution in [0.15, 0.2) is 48.8 Å². The number of halogens is 12. The minimum Gasteiger partial charge on any atom is -0.475 e. The summed E-state index contributed by atoms with van der Waals surface area (Å²) in [5.41, 5.74) is 2.86. The highest BCUT2D eigenvalue weighted by Gasteiger charge is 2.42. The molecule has 0 bridgehead atoms. The standard InChI is InChI=1S/C20H26N4.4C2HF3O2/c1-3-10-21-18(6-1)14-23-12-5-8-20(16-23)9-13-24(17-20)15-19-7-2-4-11-22-19;4*3-2(4,5)1(6)7/h1-4,6-7,10-11H,5,8-9,12-17H2;4*(H,6,7). The number of carboxylic acids is 4. The van der Waals surface area contributed by atoms with E-state index in [1.165, 1.54) is 56.8 Å². The van der Waals surface area contributed by atoms with E-state index in [0.717, 1.165) is 13.1 Å². The topological polar surface area (TPSA) is 181 Å². The van der Waals surface area contributed by atoms with E-state index in [9.17, 15) is 52.7 Å². The minimum absolute atomic E-state index is 0.474. The summed E-state index contributed by atoms with van der Waals surface area (Å²) in [7, 11) is 0. The summed E-state index contributed by atoms with van der Waals surface area (Å²) in [6.45, 7) is 6.81. The molecule has 1 unspecified atom stereocenters. The highest BCUT2D eigenvalue weighted by molar-refractivity contribution is 5.74. The van der Waals surface area contributed by atoms with Gasteiger partial charge in [0, 0.05) is 38.6 Å². The van der Waals surface area contributed by atoms with Crippen molar-refractivity contribution in [1.29, 1.82) is 0 Å². The molecule has 2 fully saturated rings. The lowest BCUT2D eigenvalue weighted by molar-refractivity contribution is -0.193. The maximum absolute atomic E-state index is 10.6. The zero-order chi connectivity index (χ0) is 40.6. The summed E-state index contributed by atoms with van der Waals surface area (Å²) >= 11 is 0. The lowest BCUT2D eigenvalue weighted by Crippen LogP contribution is -2.44. The molecule has 0 amide bonds. The van der Waals surface area contributed by atoms with Crippen molar-refractivity contribution in [3.8, 4) is 0 Å². The van der Waals surface area contributed by atoms with Gasteiger partial charge in [0.05, 0.1) is 11.4 Å². The first-order valence-corrected chi connectivity index (χ1v) is 14.0. The molecule has 2 aliphatic heterocycles. The molecule has 0 aliphatic carbocycles. The molecular formula is C28H30F12N4O8. The van der Waals surface area contributed by atoms with Crippen LogP contribution in [-0.4, -0.2) is 115 Å². The normalized spacial score (nSPS) is 17.8. The van der Waals surface area contributed by atoms with Crippen LogP contribution in [0.1, 0.15) is 30.7 Å². The Bertz CT molecular complexity index is 1310. The first-order valence-electron chi connectivity index (χ1n) is 14.0. The van der Waals surface area contributed by atoms with Crippen molar-refractivity contribution in [2.45, 2.75) is 57.1 Å². The van der Waals surface area contributed by atoms with Crippen molar-refractivity contribution in [2.24, 2.45) is 5.41 Å². The van der Waals surface area contributed by atoms with Crippen LogP contribution in [0.3, 0.4) is 0 Å². The van der Waals surface area contributed by atoms with Crippen molar-refractivity contribution >= 4 is 23.9 Å². The smallest absolute Gasteiger partial charge is 0.475 e. The maximum Gasteiger partial charge on any atom is 0.490 e. The molecule has 0 saturated carbocycles. The Labute approximate surface area is 285 Å². The van der Waals surface area contributed by atoms with Crippen LogP contribution >= 0.6 is 0 Å². The van der Waals surface area contributed by atoms with Gasteiger partial charge in [-0.25, -0.2) is 19.2 Å². The third-order valence-corrected chi connectivity index (χ3v) is 6.45. The molecule has 1 spiro atoms. The third kappa shape index (κ3) is 20.2. The number of likely N-dealkylation sites (tertiary alicyclic amines) is 2. The van der Waals surface area contributed by atoms with Gasteiger partial charge in [0.25, 0.3) is 0 Å². The first-order chi connectivity index (χ1) is 23.6. The van der Waals surface area contributed by atoms with E-state index in [1.807, 2.05) is 24.5 Å². The van der Waals surface area contributed by atoms with Crippen LogP contribution in [0.4, 0.5) is 52.7 Å². The summed E-state index contributed by atoms with van der Waals surface area (Å²) in [5.74, 6) is -11.0. The molecule has 52 heavy (non-hydrogen) atoms. The molecule has 4 N–H and O–H groups in total. The average molecular weight is 779 g/mol. The third-order valence-electron chi connectivity index (χ3n) is 6.45. The second-order valence-electron chi connectivity index (χ2n) is 10.6. The Balaban J connectivity index is 0.000000764. The summed E-state index contributed by atoms with van der Waals surface area (Å²) in [5, 5.41) is 28.5. The van der Waals surface area contributed by atoms with Gasteiger partial charge in [-0.2, -0.15) is 52.7 Å². The Morgan fingerprint density at radius 3 is 1.13 bits per heavy atom. The summed E-state index contributed by atoms with van der Waals surface area (Å²) in [6, 6.07) is 12.4. The second-order valence-corrected chi connectivity index (χ2v) is 10.6. The number of alkyl halides is 12. The van der Waals surface area contributed by atoms with E-state index in [-0.39, 0.29) is 0 Å². The number of nitrogens with zero attached hydrogens (tertiary/aromatic N) is 4. The van der Waals surface area contributed by atoms with Gasteiger partial charge in [0.15, 0.2) is 0 Å². The van der Waals surface area contributed by atoms with Crippen LogP contribution in [0.5, 0.6) is 0 Å². The lowest BCUT2D eigenvalue weighted by Gasteiger charge is -2.40. The van der Waals surface area contributed by atoms with Gasteiger partial charge in [-0.05, 0) is 62.0 Å². The van der Waals surface area contributed by atoms with Crippen molar-refractivity contribution in [1.82, 2.24) is 19.8 Å². The van der Waals surface area contributed by atoms with E-state index in [2.05, 4.69) is 44.0 Å². The largest absolute Gasteiger partial charge is 0.490 e. The molecule has 2 aromatic heterocycles. The number of hydrogen-bond acceptors (Lipinski definition) is 8. The van der Waals surface area contributed by atoms with Crippen molar-refractivity contribution < 1.29 is 92.3 Å². The molecule has 12 nitrogen and oxygen atoms in total. The minimum atomic E-state index is -5.08. The second kappa shape index (κ2) is 20.3. The molecule has 2 aliphatic rings. The van der Waals surface area contributed by atoms with E-state index < -0.39 is 48.6 Å². The van der Waals surface area contributed by atoms with Gasteiger partial charge in [0.2, 0.25) is 0 Å². The molecule has 0 aromatic carbocycles. The zero-order valence-corrected chi connectivity index (χ0v) is 26.2. The SMILES string of the molecule is O=C(O)C(F)(F)F.O=C(O)C(F)(F)F.O=C(O)C(F)(F)F.O=C(O)C(F)(F)F.c1ccc(CN2CCCC3(CCN(Cc4ccccn4)C3)C2)nc1. The van der Waals surface area contributed by atoms with Gasteiger partial charge < -0.3 is 20.4 Å². The fraction of sp³-hybridized carbons (Fsp3) is 0.500. The predicted molar refractivity (Wildman–Crippen MR) is 150 cm³/mol. The number of carboxylic acid groups (broad SMARTS) is 4. The monoisotopic (exact) mass is 778 g/mol. The van der Waals surface area contributed by atoms with Gasteiger partial charge in [0.1, 0.15) is 0 Å². The summed E-state index contributed by atoms with van der Waals surface area (Å²) in [6.07, 6.45) is -12.5. The fourth-order valence-electron chi connectivity index (χ4n) is 4.38. The molecular weight excluding hydrogens is 748 g/mol. The summed E-state index contributed by atoms with van der Waals surface area (Å²) in [4.78, 5) is 49.8. The van der Waals surface area contributed by atoms with Gasteiger partial charge in [-0.1, -0.05) is 12.1 Å². The van der Waals surface area contributed by atoms with E-state index in [4.69, 9.17) is 39.6 Å². The molecule has 4 rings (SSSR count). The molecule has 24 heteroatoms. The van der Waals surface area contributed by atoms with Gasteiger partial charge in [-0.15, -0.1) is 0 Å². The number of aliphatic carboxylic acids is 4. The van der Waals surface area contributed by atoms with Crippen LogP contribution in [-0.2, 0) is 32.3 Å². The number of piperidine rings is 1. The molecule has 2 saturated heterocycles. The Kier molecular flexibility index (Phi) is 18.5. The molecule has 294 valence electrons. The van der Waals surface area contributed by atoms with Crippen LogP contribution in [0.25, 0.3) is 0 Å². The van der Waals surface area contributed by atoms with E-state index >= 15 is 0 Å². The first kappa shape index (κ1) is 47.3. The van der Waals surface area contributed by atoms with Crippen molar-refractivity contribution in [3.63, 3.8) is 0 Å². The molecule has 4 heterocycles.